The Balaban J connectivity index is 2.08. The Morgan fingerprint density at radius 2 is 2.12 bits per heavy atom. The number of aliphatic hydroxyl groups is 1. The molecular formula is C12H14N2O3. The van der Waals surface area contributed by atoms with Gasteiger partial charge >= 0.3 is 0 Å². The van der Waals surface area contributed by atoms with Crippen molar-refractivity contribution in [2.45, 2.75) is 6.54 Å². The Bertz CT molecular complexity index is 482. The highest BCUT2D eigenvalue weighted by molar-refractivity contribution is 5.35. The Morgan fingerprint density at radius 3 is 2.88 bits per heavy atom. The first-order valence-electron chi connectivity index (χ1n) is 5.27. The fraction of sp³-hybridized carbons (Fsp3) is 0.250. The van der Waals surface area contributed by atoms with E-state index in [0.717, 1.165) is 5.75 Å². The zero-order valence-electron chi connectivity index (χ0n) is 9.54. The first kappa shape index (κ1) is 11.5. The maximum absolute atomic E-state index is 8.77. The summed E-state index contributed by atoms with van der Waals surface area (Å²) in [6.07, 6.45) is 3.34. The molecule has 1 N–H and O–H groups in total. The van der Waals surface area contributed by atoms with Gasteiger partial charge in [-0.1, -0.05) is 6.07 Å². The van der Waals surface area contributed by atoms with E-state index in [2.05, 4.69) is 5.10 Å². The van der Waals surface area contributed by atoms with Crippen LogP contribution in [0.2, 0.25) is 0 Å². The lowest BCUT2D eigenvalue weighted by atomic mass is 10.3. The van der Waals surface area contributed by atoms with Crippen LogP contribution >= 0.6 is 0 Å². The van der Waals surface area contributed by atoms with Gasteiger partial charge in [-0.3, -0.25) is 4.68 Å². The van der Waals surface area contributed by atoms with E-state index >= 15 is 0 Å². The van der Waals surface area contributed by atoms with Crippen LogP contribution in [0, 0.1) is 0 Å². The number of hydrogen-bond acceptors (Lipinski definition) is 4. The maximum atomic E-state index is 8.77. The Morgan fingerprint density at radius 1 is 1.29 bits per heavy atom. The second-order valence-electron chi connectivity index (χ2n) is 3.44. The van der Waals surface area contributed by atoms with Crippen LogP contribution in [0.25, 0.3) is 0 Å². The molecule has 0 spiro atoms. The third-order valence-electron chi connectivity index (χ3n) is 2.22. The highest BCUT2D eigenvalue weighted by Gasteiger charge is 2.02. The highest BCUT2D eigenvalue weighted by Crippen LogP contribution is 2.24. The fourth-order valence-corrected chi connectivity index (χ4v) is 1.42. The molecule has 2 rings (SSSR count). The van der Waals surface area contributed by atoms with Gasteiger partial charge in [0.2, 0.25) is 0 Å². The van der Waals surface area contributed by atoms with Crippen LogP contribution in [-0.4, -0.2) is 28.6 Å². The van der Waals surface area contributed by atoms with Crippen LogP contribution in [0.15, 0.2) is 36.7 Å². The van der Waals surface area contributed by atoms with Crippen LogP contribution in [0.4, 0.5) is 0 Å². The molecule has 0 radical (unpaired) electrons. The minimum Gasteiger partial charge on any atom is -0.497 e. The second-order valence-corrected chi connectivity index (χ2v) is 3.44. The summed E-state index contributed by atoms with van der Waals surface area (Å²) in [5.41, 5.74) is 0. The minimum absolute atomic E-state index is 0.0558. The van der Waals surface area contributed by atoms with Crippen LogP contribution < -0.4 is 9.47 Å². The first-order chi connectivity index (χ1) is 8.31. The van der Waals surface area contributed by atoms with Gasteiger partial charge < -0.3 is 14.6 Å². The molecule has 0 atom stereocenters. The number of methoxy groups -OCH3 is 1. The Kier molecular flexibility index (Phi) is 3.62. The molecule has 0 saturated carbocycles. The van der Waals surface area contributed by atoms with Crippen molar-refractivity contribution in [3.63, 3.8) is 0 Å². The summed E-state index contributed by atoms with van der Waals surface area (Å²) < 4.78 is 12.3. The van der Waals surface area contributed by atoms with Gasteiger partial charge in [0, 0.05) is 6.07 Å². The number of rotatable bonds is 5. The molecule has 1 aromatic carbocycles. The van der Waals surface area contributed by atoms with E-state index < -0.39 is 0 Å². The molecule has 5 heteroatoms. The van der Waals surface area contributed by atoms with Gasteiger partial charge in [-0.15, -0.1) is 0 Å². The van der Waals surface area contributed by atoms with Crippen molar-refractivity contribution in [2.75, 3.05) is 13.7 Å². The van der Waals surface area contributed by atoms with Gasteiger partial charge in [0.1, 0.15) is 11.5 Å². The monoisotopic (exact) mass is 234 g/mol. The van der Waals surface area contributed by atoms with Crippen LogP contribution in [0.3, 0.4) is 0 Å². The molecule has 0 aliphatic carbocycles. The van der Waals surface area contributed by atoms with Crippen LogP contribution in [0.1, 0.15) is 0 Å². The van der Waals surface area contributed by atoms with E-state index in [9.17, 15) is 0 Å². The SMILES string of the molecule is COc1cccc(Oc2cnn(CCO)c2)c1. The number of ether oxygens (including phenoxy) is 2. The van der Waals surface area contributed by atoms with Crippen LogP contribution in [0.5, 0.6) is 17.2 Å². The van der Waals surface area contributed by atoms with E-state index in [-0.39, 0.29) is 6.61 Å². The largest absolute Gasteiger partial charge is 0.497 e. The quantitative estimate of drug-likeness (QED) is 0.855. The average Bonchev–Trinajstić information content (AvgIpc) is 2.77. The summed E-state index contributed by atoms with van der Waals surface area (Å²) in [6, 6.07) is 7.34. The highest BCUT2D eigenvalue weighted by atomic mass is 16.5. The van der Waals surface area contributed by atoms with Crippen molar-refractivity contribution in [1.29, 1.82) is 0 Å². The molecule has 1 aromatic heterocycles. The molecule has 0 amide bonds. The number of nitrogens with zero attached hydrogens (tertiary/aromatic N) is 2. The summed E-state index contributed by atoms with van der Waals surface area (Å²) in [7, 11) is 1.61. The molecule has 5 nitrogen and oxygen atoms in total. The summed E-state index contributed by atoms with van der Waals surface area (Å²) in [6.45, 7) is 0.516. The smallest absolute Gasteiger partial charge is 0.165 e. The lowest BCUT2D eigenvalue weighted by Gasteiger charge is -2.04. The standard InChI is InChI=1S/C12H14N2O3/c1-16-10-3-2-4-11(7-10)17-12-8-13-14(9-12)5-6-15/h2-4,7-9,15H,5-6H2,1H3. The van der Waals surface area contributed by atoms with Crippen molar-refractivity contribution >= 4 is 0 Å². The number of benzene rings is 1. The van der Waals surface area contributed by atoms with Gasteiger partial charge in [0.25, 0.3) is 0 Å². The summed E-state index contributed by atoms with van der Waals surface area (Å²) in [5.74, 6) is 2.06. The molecule has 0 bridgehead atoms. The molecule has 90 valence electrons. The van der Waals surface area contributed by atoms with Crippen molar-refractivity contribution < 1.29 is 14.6 Å². The van der Waals surface area contributed by atoms with Crippen molar-refractivity contribution in [2.24, 2.45) is 0 Å². The van der Waals surface area contributed by atoms with E-state index in [4.69, 9.17) is 14.6 Å². The Hall–Kier alpha value is -2.01. The molecule has 2 aromatic rings. The maximum Gasteiger partial charge on any atom is 0.165 e. The molecule has 0 unspecified atom stereocenters. The van der Waals surface area contributed by atoms with E-state index in [0.29, 0.717) is 18.0 Å². The van der Waals surface area contributed by atoms with Gasteiger partial charge in [-0.25, -0.2) is 0 Å². The molecular weight excluding hydrogens is 220 g/mol. The zero-order valence-corrected chi connectivity index (χ0v) is 9.54. The lowest BCUT2D eigenvalue weighted by molar-refractivity contribution is 0.269. The topological polar surface area (TPSA) is 56.5 Å². The van der Waals surface area contributed by atoms with Gasteiger partial charge in [0.15, 0.2) is 5.75 Å². The van der Waals surface area contributed by atoms with Gasteiger partial charge in [-0.2, -0.15) is 5.10 Å². The Labute approximate surface area is 99.2 Å². The normalized spacial score (nSPS) is 10.2. The molecule has 1 heterocycles. The summed E-state index contributed by atoms with van der Waals surface area (Å²) >= 11 is 0. The zero-order chi connectivity index (χ0) is 12.1. The number of aromatic nitrogens is 2. The number of hydrogen-bond donors (Lipinski definition) is 1. The van der Waals surface area contributed by atoms with Crippen molar-refractivity contribution in [1.82, 2.24) is 9.78 Å². The van der Waals surface area contributed by atoms with Gasteiger partial charge in [-0.05, 0) is 12.1 Å². The molecule has 17 heavy (non-hydrogen) atoms. The average molecular weight is 234 g/mol. The predicted octanol–water partition coefficient (Wildman–Crippen LogP) is 1.68. The minimum atomic E-state index is 0.0558. The fourth-order valence-electron chi connectivity index (χ4n) is 1.42. The third kappa shape index (κ3) is 2.98. The van der Waals surface area contributed by atoms with E-state index in [1.54, 1.807) is 30.3 Å². The predicted molar refractivity (Wildman–Crippen MR) is 62.4 cm³/mol. The van der Waals surface area contributed by atoms with Crippen molar-refractivity contribution in [3.8, 4) is 17.2 Å². The lowest BCUT2D eigenvalue weighted by Crippen LogP contribution is -2.01. The first-order valence-corrected chi connectivity index (χ1v) is 5.27. The molecule has 0 fully saturated rings. The number of aliphatic hydroxyl groups excluding tert-OH is 1. The molecule has 0 aliphatic rings. The van der Waals surface area contributed by atoms with E-state index in [1.807, 2.05) is 18.2 Å². The van der Waals surface area contributed by atoms with E-state index in [1.165, 1.54) is 0 Å². The van der Waals surface area contributed by atoms with Crippen LogP contribution in [-0.2, 0) is 6.54 Å². The second kappa shape index (κ2) is 5.36. The molecule has 0 aliphatic heterocycles. The third-order valence-corrected chi connectivity index (χ3v) is 2.22. The molecule has 0 saturated heterocycles. The van der Waals surface area contributed by atoms with Crippen molar-refractivity contribution in [3.05, 3.63) is 36.7 Å². The summed E-state index contributed by atoms with van der Waals surface area (Å²) in [5, 5.41) is 12.8. The van der Waals surface area contributed by atoms with Gasteiger partial charge in [0.05, 0.1) is 32.7 Å². The summed E-state index contributed by atoms with van der Waals surface area (Å²) in [4.78, 5) is 0.